The summed E-state index contributed by atoms with van der Waals surface area (Å²) >= 11 is 0. The topological polar surface area (TPSA) is 296 Å². The molecule has 0 aromatic heterocycles. The van der Waals surface area contributed by atoms with E-state index in [0.717, 1.165) is 0 Å². The van der Waals surface area contributed by atoms with Crippen molar-refractivity contribution in [1.82, 2.24) is 0 Å². The van der Waals surface area contributed by atoms with Crippen LogP contribution in [0.1, 0.15) is 0 Å². The Bertz CT molecular complexity index is 34.7. The van der Waals surface area contributed by atoms with Crippen molar-refractivity contribution in [2.24, 2.45) is 0 Å². The number of rotatable bonds is 0. The molecule has 0 atom stereocenters. The van der Waals surface area contributed by atoms with E-state index in [-0.39, 0.29) is 141 Å². The van der Waals surface area contributed by atoms with E-state index in [1.54, 1.807) is 0 Å². The van der Waals surface area contributed by atoms with Gasteiger partial charge < -0.3 is 57.5 Å². The Morgan fingerprint density at radius 3 is 0.375 bits per heavy atom. The van der Waals surface area contributed by atoms with Gasteiger partial charge in [-0.2, -0.15) is 0 Å². The Morgan fingerprint density at radius 1 is 0.375 bits per heavy atom. The summed E-state index contributed by atoms with van der Waals surface area (Å²) in [5, 5.41) is 50.5. The maximum atomic E-state index is 8.42. The zero-order chi connectivity index (χ0) is 7.15. The van der Waals surface area contributed by atoms with E-state index in [0.29, 0.717) is 0 Å². The largest absolute Gasteiger partial charge is 2.00 e. The Kier molecular flexibility index (Phi) is 291. The Balaban J connectivity index is -0.00000000375. The summed E-state index contributed by atoms with van der Waals surface area (Å²) in [5.41, 5.74) is 0. The molecule has 0 fully saturated rings. The predicted octanol–water partition coefficient (Wildman–Crippen LogP) is -13.2. The van der Waals surface area contributed by atoms with Gasteiger partial charge in [0.05, 0.1) is 0 Å². The summed E-state index contributed by atoms with van der Waals surface area (Å²) in [6.45, 7) is 0. The van der Waals surface area contributed by atoms with Crippen LogP contribution in [0.25, 0.3) is 0 Å². The van der Waals surface area contributed by atoms with Crippen LogP contribution in [0.2, 0.25) is 0 Å². The summed E-state index contributed by atoms with van der Waals surface area (Å²) in [4.78, 5) is 0. The molecule has 0 saturated carbocycles. The van der Waals surface area contributed by atoms with Crippen LogP contribution in [0.5, 0.6) is 0 Å². The summed E-state index contributed by atoms with van der Waals surface area (Å²) in [7, 11) is -5.83. The van der Waals surface area contributed by atoms with Crippen molar-refractivity contribution < 1.29 is 57.5 Å². The molecule has 16 heavy (non-hydrogen) atoms. The number of hydrogen-bond acceptors (Lipinski definition) is 6. The molecule has 0 aliphatic carbocycles. The smallest absolute Gasteiger partial charge is 0.907 e. The fourth-order valence-electron chi connectivity index (χ4n) is 0. The third-order valence-corrected chi connectivity index (χ3v) is 0. The summed E-state index contributed by atoms with van der Waals surface area (Å²) < 4.78 is 0. The quantitative estimate of drug-likeness (QED) is 0.388. The van der Waals surface area contributed by atoms with Gasteiger partial charge in [-0.1, -0.05) is 0 Å². The normalized spacial score (nSPS) is 3.38. The minimum Gasteiger partial charge on any atom is -0.907 e. The average Bonchev–Trinajstić information content (AvgIpc) is 1.25. The first-order chi connectivity index (χ1) is 3.46. The predicted molar refractivity (Wildman–Crippen MR) is 46.8 cm³/mol. The Labute approximate surface area is 182 Å². The van der Waals surface area contributed by atoms with E-state index in [4.69, 9.17) is 30.1 Å². The van der Waals surface area contributed by atoms with Crippen molar-refractivity contribution in [3.8, 4) is 0 Å². The first kappa shape index (κ1) is 74.1. The van der Waals surface area contributed by atoms with E-state index in [1.807, 2.05) is 0 Å². The van der Waals surface area contributed by atoms with Crippen LogP contribution in [-0.4, -0.2) is 155 Å². The second-order valence-electron chi connectivity index (χ2n) is 0.577. The zero-order valence-electron chi connectivity index (χ0n) is 8.23. The first-order valence-electron chi connectivity index (χ1n) is 1.41. The van der Waals surface area contributed by atoms with Crippen molar-refractivity contribution in [3.05, 3.63) is 0 Å². The monoisotopic (exact) mass is 328 g/mol. The molecule has 0 spiro atoms. The Morgan fingerprint density at radius 2 is 0.375 bits per heavy atom. The van der Waals surface area contributed by atoms with Crippen LogP contribution < -0.4 is 30.1 Å². The summed E-state index contributed by atoms with van der Waals surface area (Å²) in [6.07, 6.45) is 0. The standard InChI is InChI=1S/2BO3.3Ca.5H2O/c2*2-1(3)4;;;;;;;;/h;;;;;5*1H2/q2*-3;3*+2;;;;;. The molecule has 0 bridgehead atoms. The van der Waals surface area contributed by atoms with Crippen molar-refractivity contribution in [3.63, 3.8) is 0 Å². The van der Waals surface area contributed by atoms with E-state index >= 15 is 0 Å². The maximum Gasteiger partial charge on any atom is 2.00 e. The molecule has 0 radical (unpaired) electrons. The molecule has 0 aliphatic rings. The molecular formula is H10B2Ca3O11. The van der Waals surface area contributed by atoms with Gasteiger partial charge in [-0.05, 0) is 0 Å². The SMILES string of the molecule is O.O.O.O.O.[Ca+2].[Ca+2].[Ca+2].[O-]B([O-])[O-].[O-]B([O-])[O-]. The van der Waals surface area contributed by atoms with Crippen LogP contribution in [0.3, 0.4) is 0 Å². The summed E-state index contributed by atoms with van der Waals surface area (Å²) in [5.74, 6) is 0. The third-order valence-electron chi connectivity index (χ3n) is 0. The second kappa shape index (κ2) is 62.9. The molecule has 0 rings (SSSR count). The van der Waals surface area contributed by atoms with Crippen LogP contribution in [0.15, 0.2) is 0 Å². The van der Waals surface area contributed by atoms with E-state index in [1.165, 1.54) is 0 Å². The van der Waals surface area contributed by atoms with Gasteiger partial charge in [0.25, 0.3) is 0 Å². The molecule has 88 valence electrons. The molecular weight excluding hydrogens is 318 g/mol. The van der Waals surface area contributed by atoms with Gasteiger partial charge in [0.2, 0.25) is 0 Å². The molecule has 0 unspecified atom stereocenters. The van der Waals surface area contributed by atoms with Crippen molar-refractivity contribution in [2.75, 3.05) is 0 Å². The second-order valence-corrected chi connectivity index (χ2v) is 0.577. The minimum absolute atomic E-state index is 0. The third kappa shape index (κ3) is 394. The van der Waals surface area contributed by atoms with Crippen LogP contribution in [0, 0.1) is 0 Å². The fourth-order valence-corrected chi connectivity index (χ4v) is 0. The molecule has 16 heteroatoms. The molecule has 0 aromatic rings. The van der Waals surface area contributed by atoms with Gasteiger partial charge in [0.1, 0.15) is 0 Å². The van der Waals surface area contributed by atoms with Crippen LogP contribution in [-0.2, 0) is 0 Å². The molecule has 11 nitrogen and oxygen atoms in total. The molecule has 0 aromatic carbocycles. The molecule has 10 N–H and O–H groups in total. The summed E-state index contributed by atoms with van der Waals surface area (Å²) in [6, 6.07) is 0. The minimum atomic E-state index is -2.92. The maximum absolute atomic E-state index is 8.42. The van der Waals surface area contributed by atoms with Gasteiger partial charge in [-0.15, -0.1) is 0 Å². The van der Waals surface area contributed by atoms with Gasteiger partial charge in [0.15, 0.2) is 0 Å². The molecule has 0 saturated heterocycles. The van der Waals surface area contributed by atoms with E-state index in [2.05, 4.69) is 0 Å². The van der Waals surface area contributed by atoms with E-state index < -0.39 is 14.6 Å². The van der Waals surface area contributed by atoms with Gasteiger partial charge in [-0.3, -0.25) is 14.6 Å². The fraction of sp³-hybridized carbons (Fsp3) is 0. The molecule has 0 aliphatic heterocycles. The van der Waals surface area contributed by atoms with Gasteiger partial charge in [-0.25, -0.2) is 0 Å². The van der Waals surface area contributed by atoms with Crippen molar-refractivity contribution in [1.29, 1.82) is 0 Å². The van der Waals surface area contributed by atoms with E-state index in [9.17, 15) is 0 Å². The van der Waals surface area contributed by atoms with Crippen molar-refractivity contribution >= 4 is 128 Å². The molecule has 0 amide bonds. The molecule has 0 heterocycles. The van der Waals surface area contributed by atoms with Crippen LogP contribution in [0.4, 0.5) is 0 Å². The van der Waals surface area contributed by atoms with Gasteiger partial charge >= 0.3 is 113 Å². The van der Waals surface area contributed by atoms with Gasteiger partial charge in [0, 0.05) is 0 Å². The zero-order valence-corrected chi connectivity index (χ0v) is 14.9. The van der Waals surface area contributed by atoms with Crippen LogP contribution >= 0.6 is 0 Å². The Hall–Kier alpha value is 3.47. The first-order valence-corrected chi connectivity index (χ1v) is 1.41. The average molecular weight is 328 g/mol. The number of hydrogen-bond donors (Lipinski definition) is 0. The van der Waals surface area contributed by atoms with Crippen molar-refractivity contribution in [2.45, 2.75) is 0 Å².